The van der Waals surface area contributed by atoms with Crippen molar-refractivity contribution in [3.05, 3.63) is 40.7 Å². The first kappa shape index (κ1) is 12.2. The largest absolute Gasteiger partial charge is 0.382 e. The van der Waals surface area contributed by atoms with Crippen molar-refractivity contribution in [2.45, 2.75) is 23.8 Å². The van der Waals surface area contributed by atoms with E-state index in [4.69, 9.17) is 17.3 Å². The lowest BCUT2D eigenvalue weighted by molar-refractivity contribution is 1.05. The minimum absolute atomic E-state index is 0.314. The Balaban J connectivity index is 2.35. The smallest absolute Gasteiger partial charge is 0.146 e. The number of nitrogens with zero attached hydrogens (tertiary/aromatic N) is 2. The van der Waals surface area contributed by atoms with Gasteiger partial charge in [-0.1, -0.05) is 41.1 Å². The Hall–Kier alpha value is -1.26. The summed E-state index contributed by atoms with van der Waals surface area (Å²) in [6.45, 7) is 4.13. The predicted octanol–water partition coefficient (Wildman–Crippen LogP) is 3.48. The van der Waals surface area contributed by atoms with Gasteiger partial charge in [0.2, 0.25) is 0 Å². The zero-order valence-corrected chi connectivity index (χ0v) is 11.1. The number of hydrogen-bond donors (Lipinski definition) is 1. The molecule has 0 aliphatic carbocycles. The Morgan fingerprint density at radius 1 is 1.24 bits per heavy atom. The molecule has 88 valence electrons. The summed E-state index contributed by atoms with van der Waals surface area (Å²) in [5.74, 6) is 0.314. The third-order valence-corrected chi connectivity index (χ3v) is 3.99. The van der Waals surface area contributed by atoms with Crippen molar-refractivity contribution >= 4 is 29.2 Å². The summed E-state index contributed by atoms with van der Waals surface area (Å²) in [6.07, 6.45) is 1.42. The zero-order chi connectivity index (χ0) is 12.4. The van der Waals surface area contributed by atoms with Gasteiger partial charge in [0.25, 0.3) is 0 Å². The van der Waals surface area contributed by atoms with Gasteiger partial charge in [-0.3, -0.25) is 0 Å². The molecule has 17 heavy (non-hydrogen) atoms. The maximum atomic E-state index is 6.06. The van der Waals surface area contributed by atoms with Crippen molar-refractivity contribution in [3.8, 4) is 0 Å². The van der Waals surface area contributed by atoms with E-state index < -0.39 is 0 Å². The highest BCUT2D eigenvalue weighted by Gasteiger charge is 2.09. The van der Waals surface area contributed by atoms with Crippen LogP contribution in [0.25, 0.3) is 0 Å². The first-order chi connectivity index (χ1) is 8.08. The molecule has 0 amide bonds. The molecule has 5 heteroatoms. The molecule has 0 aliphatic heterocycles. The average molecular weight is 266 g/mol. The molecule has 0 unspecified atom stereocenters. The molecular weight excluding hydrogens is 254 g/mol. The highest BCUT2D eigenvalue weighted by Crippen LogP contribution is 2.35. The standard InChI is InChI=1S/C12H12ClN3S/c1-7-3-4-9(8(2)5-7)17-12-10(13)11(14)15-6-16-12/h3-6H,1-2H3,(H2,14,15,16). The highest BCUT2D eigenvalue weighted by molar-refractivity contribution is 7.99. The van der Waals surface area contributed by atoms with Crippen LogP contribution >= 0.6 is 23.4 Å². The van der Waals surface area contributed by atoms with E-state index in [9.17, 15) is 0 Å². The lowest BCUT2D eigenvalue weighted by Gasteiger charge is -2.07. The topological polar surface area (TPSA) is 51.8 Å². The minimum Gasteiger partial charge on any atom is -0.382 e. The van der Waals surface area contributed by atoms with Gasteiger partial charge >= 0.3 is 0 Å². The molecule has 0 spiro atoms. The van der Waals surface area contributed by atoms with E-state index in [0.717, 1.165) is 4.90 Å². The number of rotatable bonds is 2. The number of aryl methyl sites for hydroxylation is 2. The van der Waals surface area contributed by atoms with Crippen molar-refractivity contribution in [2.24, 2.45) is 0 Å². The van der Waals surface area contributed by atoms with E-state index in [1.165, 1.54) is 29.2 Å². The van der Waals surface area contributed by atoms with Crippen LogP contribution in [0, 0.1) is 13.8 Å². The Kier molecular flexibility index (Phi) is 3.54. The predicted molar refractivity (Wildman–Crippen MR) is 71.5 cm³/mol. The molecule has 1 heterocycles. The quantitative estimate of drug-likeness (QED) is 0.845. The fourth-order valence-corrected chi connectivity index (χ4v) is 2.53. The highest BCUT2D eigenvalue weighted by atomic mass is 35.5. The van der Waals surface area contributed by atoms with Crippen LogP contribution in [0.15, 0.2) is 34.4 Å². The summed E-state index contributed by atoms with van der Waals surface area (Å²) in [5.41, 5.74) is 8.07. The Bertz CT molecular complexity index is 557. The summed E-state index contributed by atoms with van der Waals surface area (Å²) in [6, 6.07) is 6.25. The number of nitrogens with two attached hydrogens (primary N) is 1. The molecular formula is C12H12ClN3S. The number of nitrogen functional groups attached to an aromatic ring is 1. The van der Waals surface area contributed by atoms with Gasteiger partial charge < -0.3 is 5.73 Å². The number of anilines is 1. The average Bonchev–Trinajstić information content (AvgIpc) is 2.28. The molecule has 0 radical (unpaired) electrons. The normalized spacial score (nSPS) is 10.5. The van der Waals surface area contributed by atoms with Gasteiger partial charge in [-0.15, -0.1) is 0 Å². The van der Waals surface area contributed by atoms with Crippen LogP contribution in [0.3, 0.4) is 0 Å². The van der Waals surface area contributed by atoms with E-state index >= 15 is 0 Å². The van der Waals surface area contributed by atoms with Crippen LogP contribution < -0.4 is 5.73 Å². The summed E-state index contributed by atoms with van der Waals surface area (Å²) in [5, 5.41) is 1.10. The van der Waals surface area contributed by atoms with Crippen molar-refractivity contribution in [3.63, 3.8) is 0 Å². The second-order valence-electron chi connectivity index (χ2n) is 3.75. The lowest BCUT2D eigenvalue weighted by atomic mass is 10.2. The van der Waals surface area contributed by atoms with Crippen LogP contribution in [0.4, 0.5) is 5.82 Å². The summed E-state index contributed by atoms with van der Waals surface area (Å²) in [7, 11) is 0. The van der Waals surface area contributed by atoms with Crippen LogP contribution in [-0.2, 0) is 0 Å². The SMILES string of the molecule is Cc1ccc(Sc2ncnc(N)c2Cl)c(C)c1. The van der Waals surface area contributed by atoms with Crippen LogP contribution in [0.2, 0.25) is 5.02 Å². The molecule has 0 fully saturated rings. The van der Waals surface area contributed by atoms with E-state index in [2.05, 4.69) is 42.0 Å². The Labute approximate surface area is 109 Å². The second-order valence-corrected chi connectivity index (χ2v) is 5.16. The summed E-state index contributed by atoms with van der Waals surface area (Å²) >= 11 is 7.56. The molecule has 2 rings (SSSR count). The Morgan fingerprint density at radius 2 is 2.00 bits per heavy atom. The zero-order valence-electron chi connectivity index (χ0n) is 9.57. The van der Waals surface area contributed by atoms with Gasteiger partial charge in [-0.2, -0.15) is 0 Å². The van der Waals surface area contributed by atoms with Gasteiger partial charge in [-0.05, 0) is 25.5 Å². The number of hydrogen-bond acceptors (Lipinski definition) is 4. The molecule has 3 nitrogen and oxygen atoms in total. The van der Waals surface area contributed by atoms with E-state index in [1.807, 2.05) is 0 Å². The van der Waals surface area contributed by atoms with E-state index in [-0.39, 0.29) is 0 Å². The van der Waals surface area contributed by atoms with Gasteiger partial charge in [0, 0.05) is 4.90 Å². The summed E-state index contributed by atoms with van der Waals surface area (Å²) < 4.78 is 0. The number of aromatic nitrogens is 2. The van der Waals surface area contributed by atoms with Crippen LogP contribution in [0.1, 0.15) is 11.1 Å². The molecule has 0 bridgehead atoms. The van der Waals surface area contributed by atoms with E-state index in [0.29, 0.717) is 15.9 Å². The molecule has 2 aromatic rings. The lowest BCUT2D eigenvalue weighted by Crippen LogP contribution is -1.94. The molecule has 1 aromatic carbocycles. The number of benzene rings is 1. The molecule has 0 saturated carbocycles. The van der Waals surface area contributed by atoms with E-state index in [1.54, 1.807) is 0 Å². The molecule has 1 aromatic heterocycles. The molecule has 0 aliphatic rings. The van der Waals surface area contributed by atoms with Gasteiger partial charge in [-0.25, -0.2) is 9.97 Å². The minimum atomic E-state index is 0.314. The van der Waals surface area contributed by atoms with Crippen molar-refractivity contribution < 1.29 is 0 Å². The second kappa shape index (κ2) is 4.94. The van der Waals surface area contributed by atoms with Crippen LogP contribution in [0.5, 0.6) is 0 Å². The van der Waals surface area contributed by atoms with Crippen molar-refractivity contribution in [1.29, 1.82) is 0 Å². The third-order valence-electron chi connectivity index (χ3n) is 2.32. The third kappa shape index (κ3) is 2.70. The molecule has 0 saturated heterocycles. The van der Waals surface area contributed by atoms with Gasteiger partial charge in [0.15, 0.2) is 0 Å². The fourth-order valence-electron chi connectivity index (χ4n) is 1.46. The maximum Gasteiger partial charge on any atom is 0.146 e. The fraction of sp³-hybridized carbons (Fsp3) is 0.167. The van der Waals surface area contributed by atoms with Crippen molar-refractivity contribution in [1.82, 2.24) is 9.97 Å². The van der Waals surface area contributed by atoms with Gasteiger partial charge in [0.05, 0.1) is 0 Å². The first-order valence-corrected chi connectivity index (χ1v) is 6.28. The Morgan fingerprint density at radius 3 is 2.71 bits per heavy atom. The van der Waals surface area contributed by atoms with Crippen molar-refractivity contribution in [2.75, 3.05) is 5.73 Å². The first-order valence-electron chi connectivity index (χ1n) is 5.09. The van der Waals surface area contributed by atoms with Crippen LogP contribution in [-0.4, -0.2) is 9.97 Å². The maximum absolute atomic E-state index is 6.06. The summed E-state index contributed by atoms with van der Waals surface area (Å²) in [4.78, 5) is 9.10. The molecule has 2 N–H and O–H groups in total. The molecule has 0 atom stereocenters. The number of halogens is 1. The monoisotopic (exact) mass is 265 g/mol. The van der Waals surface area contributed by atoms with Gasteiger partial charge in [0.1, 0.15) is 22.2 Å².